The molecule has 0 saturated heterocycles. The lowest BCUT2D eigenvalue weighted by Crippen LogP contribution is -2.41. The molecular weight excluding hydrogens is 200 g/mol. The maximum Gasteiger partial charge on any atom is 0.236 e. The lowest BCUT2D eigenvalue weighted by atomic mass is 9.92. The molecule has 5 nitrogen and oxygen atoms in total. The van der Waals surface area contributed by atoms with Crippen LogP contribution in [0.15, 0.2) is 12.4 Å². The van der Waals surface area contributed by atoms with Crippen LogP contribution in [0.1, 0.15) is 13.8 Å². The fourth-order valence-electron chi connectivity index (χ4n) is 0.718. The van der Waals surface area contributed by atoms with Crippen molar-refractivity contribution in [1.29, 1.82) is 0 Å². The molecule has 0 aromatic carbocycles. The number of hydrogen-bond acceptors (Lipinski definition) is 3. The number of aromatic nitrogens is 2. The maximum absolute atomic E-state index is 11.7. The molecule has 0 aliphatic heterocycles. The molecule has 1 aromatic rings. The zero-order valence-electron chi connectivity index (χ0n) is 8.00. The summed E-state index contributed by atoms with van der Waals surface area (Å²) in [7, 11) is 0. The number of aromatic amines is 1. The molecule has 0 unspecified atom stereocenters. The van der Waals surface area contributed by atoms with Gasteiger partial charge in [-0.25, -0.2) is 0 Å². The molecule has 1 aromatic heterocycles. The van der Waals surface area contributed by atoms with Crippen LogP contribution in [0.5, 0.6) is 0 Å². The van der Waals surface area contributed by atoms with Crippen molar-refractivity contribution in [2.24, 2.45) is 11.1 Å². The standard InChI is InChI=1S/C8H12N4OS/c1-8(2,6(9)14)7(13)12-5-3-10-11-4-5/h3-4H,1-2H3,(H2,9,14)(H,10,11)(H,12,13). The minimum Gasteiger partial charge on any atom is -0.392 e. The Labute approximate surface area is 87.1 Å². The average molecular weight is 212 g/mol. The number of nitrogens with two attached hydrogens (primary N) is 1. The van der Waals surface area contributed by atoms with Crippen LogP contribution in [-0.2, 0) is 4.79 Å². The first-order chi connectivity index (χ1) is 6.44. The van der Waals surface area contributed by atoms with Gasteiger partial charge in [-0.05, 0) is 13.8 Å². The van der Waals surface area contributed by atoms with Crippen LogP contribution < -0.4 is 11.1 Å². The third-order valence-electron chi connectivity index (χ3n) is 1.94. The normalized spacial score (nSPS) is 11.0. The molecule has 6 heteroatoms. The number of thiocarbonyl (C=S) groups is 1. The van der Waals surface area contributed by atoms with Gasteiger partial charge < -0.3 is 11.1 Å². The van der Waals surface area contributed by atoms with Gasteiger partial charge in [0.05, 0.1) is 22.3 Å². The summed E-state index contributed by atoms with van der Waals surface area (Å²) in [5, 5.41) is 8.93. The predicted octanol–water partition coefficient (Wildman–Crippen LogP) is 0.661. The van der Waals surface area contributed by atoms with Gasteiger partial charge in [0.2, 0.25) is 5.91 Å². The number of amides is 1. The highest BCUT2D eigenvalue weighted by atomic mass is 32.1. The monoisotopic (exact) mass is 212 g/mol. The van der Waals surface area contributed by atoms with Crippen LogP contribution in [0, 0.1) is 5.41 Å². The van der Waals surface area contributed by atoms with Gasteiger partial charge in [0.1, 0.15) is 0 Å². The van der Waals surface area contributed by atoms with Crippen LogP contribution in [0.4, 0.5) is 5.69 Å². The van der Waals surface area contributed by atoms with Crippen LogP contribution in [0.2, 0.25) is 0 Å². The Morgan fingerprint density at radius 3 is 2.79 bits per heavy atom. The minimum atomic E-state index is -0.855. The van der Waals surface area contributed by atoms with Gasteiger partial charge in [0, 0.05) is 6.20 Å². The van der Waals surface area contributed by atoms with E-state index in [9.17, 15) is 4.79 Å². The van der Waals surface area contributed by atoms with E-state index >= 15 is 0 Å². The van der Waals surface area contributed by atoms with E-state index in [2.05, 4.69) is 15.5 Å². The summed E-state index contributed by atoms with van der Waals surface area (Å²) in [5.41, 5.74) is 5.19. The van der Waals surface area contributed by atoms with Crippen LogP contribution >= 0.6 is 12.2 Å². The van der Waals surface area contributed by atoms with E-state index in [0.717, 1.165) is 0 Å². The molecule has 0 aliphatic carbocycles. The largest absolute Gasteiger partial charge is 0.392 e. The fraction of sp³-hybridized carbons (Fsp3) is 0.375. The molecule has 0 aliphatic rings. The van der Waals surface area contributed by atoms with Gasteiger partial charge in [-0.15, -0.1) is 0 Å². The first kappa shape index (κ1) is 10.6. The summed E-state index contributed by atoms with van der Waals surface area (Å²) in [5.74, 6) is -0.244. The highest BCUT2D eigenvalue weighted by molar-refractivity contribution is 7.80. The van der Waals surface area contributed by atoms with Crippen LogP contribution in [0.25, 0.3) is 0 Å². The second-order valence-electron chi connectivity index (χ2n) is 3.43. The smallest absolute Gasteiger partial charge is 0.236 e. The third kappa shape index (κ3) is 2.08. The Hall–Kier alpha value is -1.43. The average Bonchev–Trinajstić information content (AvgIpc) is 2.56. The van der Waals surface area contributed by atoms with Crippen molar-refractivity contribution in [3.05, 3.63) is 12.4 Å². The van der Waals surface area contributed by atoms with E-state index in [0.29, 0.717) is 5.69 Å². The Bertz CT molecular complexity index is 344. The van der Waals surface area contributed by atoms with Gasteiger partial charge in [-0.1, -0.05) is 12.2 Å². The van der Waals surface area contributed by atoms with E-state index in [1.807, 2.05) is 0 Å². The number of rotatable bonds is 3. The first-order valence-electron chi connectivity index (χ1n) is 4.04. The van der Waals surface area contributed by atoms with Crippen molar-refractivity contribution in [3.8, 4) is 0 Å². The molecule has 1 heterocycles. The van der Waals surface area contributed by atoms with Crippen molar-refractivity contribution in [2.75, 3.05) is 5.32 Å². The lowest BCUT2D eigenvalue weighted by molar-refractivity contribution is -0.121. The Balaban J connectivity index is 2.72. The summed E-state index contributed by atoms with van der Waals surface area (Å²) in [6, 6.07) is 0. The van der Waals surface area contributed by atoms with Gasteiger partial charge in [-0.3, -0.25) is 9.89 Å². The quantitative estimate of drug-likeness (QED) is 0.643. The summed E-state index contributed by atoms with van der Waals surface area (Å²) in [4.78, 5) is 11.8. The molecule has 0 atom stereocenters. The zero-order valence-corrected chi connectivity index (χ0v) is 8.81. The molecule has 14 heavy (non-hydrogen) atoms. The van der Waals surface area contributed by atoms with Crippen molar-refractivity contribution in [1.82, 2.24) is 10.2 Å². The van der Waals surface area contributed by atoms with Gasteiger partial charge in [0.25, 0.3) is 0 Å². The molecule has 0 spiro atoms. The number of H-pyrrole nitrogens is 1. The fourth-order valence-corrected chi connectivity index (χ4v) is 0.811. The molecule has 76 valence electrons. The van der Waals surface area contributed by atoms with Gasteiger partial charge in [-0.2, -0.15) is 5.10 Å². The highest BCUT2D eigenvalue weighted by Gasteiger charge is 2.30. The Morgan fingerprint density at radius 1 is 1.71 bits per heavy atom. The molecule has 0 bridgehead atoms. The summed E-state index contributed by atoms with van der Waals surface area (Å²) in [6.45, 7) is 3.34. The van der Waals surface area contributed by atoms with Crippen molar-refractivity contribution >= 4 is 28.8 Å². The van der Waals surface area contributed by atoms with Crippen LogP contribution in [0.3, 0.4) is 0 Å². The Kier molecular flexibility index (Phi) is 2.85. The third-order valence-corrected chi connectivity index (χ3v) is 2.45. The van der Waals surface area contributed by atoms with E-state index in [-0.39, 0.29) is 10.9 Å². The molecule has 4 N–H and O–H groups in total. The predicted molar refractivity (Wildman–Crippen MR) is 57.8 cm³/mol. The zero-order chi connectivity index (χ0) is 10.8. The number of carbonyl (C=O) groups is 1. The van der Waals surface area contributed by atoms with Gasteiger partial charge in [0.15, 0.2) is 0 Å². The van der Waals surface area contributed by atoms with E-state index in [1.54, 1.807) is 20.0 Å². The second kappa shape index (κ2) is 3.75. The molecule has 0 fully saturated rings. The summed E-state index contributed by atoms with van der Waals surface area (Å²) in [6.07, 6.45) is 3.08. The number of nitrogens with zero attached hydrogens (tertiary/aromatic N) is 1. The van der Waals surface area contributed by atoms with E-state index in [4.69, 9.17) is 18.0 Å². The number of hydrogen-bond donors (Lipinski definition) is 3. The second-order valence-corrected chi connectivity index (χ2v) is 3.87. The molecule has 0 saturated carbocycles. The topological polar surface area (TPSA) is 83.8 Å². The molecule has 0 radical (unpaired) electrons. The van der Waals surface area contributed by atoms with Crippen molar-refractivity contribution < 1.29 is 4.79 Å². The number of anilines is 1. The van der Waals surface area contributed by atoms with Crippen molar-refractivity contribution in [2.45, 2.75) is 13.8 Å². The Morgan fingerprint density at radius 2 is 2.36 bits per heavy atom. The highest BCUT2D eigenvalue weighted by Crippen LogP contribution is 2.18. The van der Waals surface area contributed by atoms with Crippen LogP contribution in [-0.4, -0.2) is 21.1 Å². The summed E-state index contributed by atoms with van der Waals surface area (Å²) >= 11 is 4.80. The lowest BCUT2D eigenvalue weighted by Gasteiger charge is -2.21. The maximum atomic E-state index is 11.7. The SMILES string of the molecule is CC(C)(C(=O)Nc1cn[nH]c1)C(N)=S. The minimum absolute atomic E-state index is 0.165. The van der Waals surface area contributed by atoms with E-state index in [1.165, 1.54) is 6.20 Å². The number of nitrogens with one attached hydrogen (secondary N) is 2. The first-order valence-corrected chi connectivity index (χ1v) is 4.45. The molecule has 1 amide bonds. The van der Waals surface area contributed by atoms with Gasteiger partial charge >= 0.3 is 0 Å². The molecular formula is C8H12N4OS. The number of carbonyl (C=O) groups excluding carboxylic acids is 1. The molecule has 1 rings (SSSR count). The van der Waals surface area contributed by atoms with E-state index < -0.39 is 5.41 Å². The summed E-state index contributed by atoms with van der Waals surface area (Å²) < 4.78 is 0. The van der Waals surface area contributed by atoms with Crippen molar-refractivity contribution in [3.63, 3.8) is 0 Å².